The number of hydrogen-bond donors (Lipinski definition) is 2. The van der Waals surface area contributed by atoms with Crippen LogP contribution in [0.3, 0.4) is 0 Å². The molecule has 1 unspecified atom stereocenters. The first-order chi connectivity index (χ1) is 9.43. The lowest BCUT2D eigenvalue weighted by atomic mass is 10.2. The molecule has 3 N–H and O–H groups in total. The summed E-state index contributed by atoms with van der Waals surface area (Å²) in [6, 6.07) is 4.83. The minimum atomic E-state index is -0.567. The second kappa shape index (κ2) is 7.89. The number of anilines is 1. The van der Waals surface area contributed by atoms with E-state index in [1.54, 1.807) is 12.1 Å². The van der Waals surface area contributed by atoms with Gasteiger partial charge in [-0.2, -0.15) is 0 Å². The second-order valence-electron chi connectivity index (χ2n) is 4.57. The predicted molar refractivity (Wildman–Crippen MR) is 81.3 cm³/mol. The highest BCUT2D eigenvalue weighted by molar-refractivity contribution is 9.10. The molecule has 0 aliphatic rings. The van der Waals surface area contributed by atoms with Crippen molar-refractivity contribution in [2.75, 3.05) is 12.3 Å². The van der Waals surface area contributed by atoms with Crippen LogP contribution < -0.4 is 11.1 Å². The van der Waals surface area contributed by atoms with Gasteiger partial charge in [0.25, 0.3) is 5.91 Å². The molecule has 0 aliphatic carbocycles. The van der Waals surface area contributed by atoms with Crippen molar-refractivity contribution in [3.63, 3.8) is 0 Å². The van der Waals surface area contributed by atoms with E-state index in [4.69, 9.17) is 10.5 Å². The van der Waals surface area contributed by atoms with Crippen molar-refractivity contribution in [1.29, 1.82) is 0 Å². The molecule has 1 rings (SSSR count). The zero-order chi connectivity index (χ0) is 15.1. The molecule has 0 spiro atoms. The number of halogens is 1. The molecular weight excluding hydrogens is 324 g/mol. The molecule has 0 radical (unpaired) electrons. The lowest BCUT2D eigenvalue weighted by Gasteiger charge is -2.12. The Hall–Kier alpha value is -1.56. The normalized spacial score (nSPS) is 11.8. The van der Waals surface area contributed by atoms with Crippen molar-refractivity contribution in [2.45, 2.75) is 32.7 Å². The molecule has 1 atom stereocenters. The Balaban J connectivity index is 2.46. The number of nitrogens with one attached hydrogen (secondary N) is 1. The number of carbonyl (C=O) groups excluding carboxylic acids is 2. The van der Waals surface area contributed by atoms with Crippen molar-refractivity contribution >= 4 is 33.5 Å². The molecule has 0 heterocycles. The Kier molecular flexibility index (Phi) is 6.51. The fraction of sp³-hybridized carbons (Fsp3) is 0.429. The van der Waals surface area contributed by atoms with Crippen LogP contribution in [0.4, 0.5) is 5.69 Å². The summed E-state index contributed by atoms with van der Waals surface area (Å²) in [5.41, 5.74) is 6.44. The molecule has 0 bridgehead atoms. The molecule has 0 aliphatic heterocycles. The number of amides is 1. The van der Waals surface area contributed by atoms with E-state index in [0.29, 0.717) is 15.7 Å². The smallest absolute Gasteiger partial charge is 0.338 e. The van der Waals surface area contributed by atoms with Gasteiger partial charge in [0.05, 0.1) is 5.56 Å². The monoisotopic (exact) mass is 342 g/mol. The fourth-order valence-electron chi connectivity index (χ4n) is 1.71. The van der Waals surface area contributed by atoms with Gasteiger partial charge in [-0.15, -0.1) is 0 Å². The van der Waals surface area contributed by atoms with Crippen molar-refractivity contribution < 1.29 is 14.3 Å². The average Bonchev–Trinajstić information content (AvgIpc) is 2.39. The first-order valence-electron chi connectivity index (χ1n) is 6.45. The topological polar surface area (TPSA) is 81.4 Å². The molecule has 1 aromatic carbocycles. The van der Waals surface area contributed by atoms with E-state index in [-0.39, 0.29) is 18.6 Å². The Morgan fingerprint density at radius 3 is 2.75 bits per heavy atom. The van der Waals surface area contributed by atoms with Gasteiger partial charge in [0.1, 0.15) is 0 Å². The van der Waals surface area contributed by atoms with Crippen molar-refractivity contribution in [2.24, 2.45) is 0 Å². The molecular formula is C14H19BrN2O3. The van der Waals surface area contributed by atoms with E-state index >= 15 is 0 Å². The van der Waals surface area contributed by atoms with E-state index in [9.17, 15) is 9.59 Å². The van der Waals surface area contributed by atoms with Crippen molar-refractivity contribution in [1.82, 2.24) is 5.32 Å². The van der Waals surface area contributed by atoms with Gasteiger partial charge in [0.2, 0.25) is 0 Å². The SMILES string of the molecule is CCCC(C)NC(=O)COC(=O)c1ccc(Br)c(N)c1. The molecule has 1 amide bonds. The second-order valence-corrected chi connectivity index (χ2v) is 5.42. The Bertz CT molecular complexity index is 491. The van der Waals surface area contributed by atoms with E-state index < -0.39 is 5.97 Å². The first-order valence-corrected chi connectivity index (χ1v) is 7.24. The number of esters is 1. The van der Waals surface area contributed by atoms with Gasteiger partial charge in [0.15, 0.2) is 6.61 Å². The minimum Gasteiger partial charge on any atom is -0.452 e. The van der Waals surface area contributed by atoms with Gasteiger partial charge in [0, 0.05) is 16.2 Å². The highest BCUT2D eigenvalue weighted by Gasteiger charge is 2.12. The molecule has 5 nitrogen and oxygen atoms in total. The highest BCUT2D eigenvalue weighted by atomic mass is 79.9. The maximum absolute atomic E-state index is 11.8. The average molecular weight is 343 g/mol. The summed E-state index contributed by atoms with van der Waals surface area (Å²) in [6.07, 6.45) is 1.88. The summed E-state index contributed by atoms with van der Waals surface area (Å²) in [7, 11) is 0. The van der Waals surface area contributed by atoms with Crippen LogP contribution in [-0.2, 0) is 9.53 Å². The van der Waals surface area contributed by atoms with Gasteiger partial charge in [-0.05, 0) is 47.5 Å². The largest absolute Gasteiger partial charge is 0.452 e. The summed E-state index contributed by atoms with van der Waals surface area (Å²) in [5, 5.41) is 2.76. The van der Waals surface area contributed by atoms with Gasteiger partial charge >= 0.3 is 5.97 Å². The zero-order valence-electron chi connectivity index (χ0n) is 11.6. The fourth-order valence-corrected chi connectivity index (χ4v) is 1.95. The maximum Gasteiger partial charge on any atom is 0.338 e. The van der Waals surface area contributed by atoms with Crippen LogP contribution in [0, 0.1) is 0 Å². The third kappa shape index (κ3) is 5.21. The van der Waals surface area contributed by atoms with Gasteiger partial charge in [-0.3, -0.25) is 4.79 Å². The van der Waals surface area contributed by atoms with Crippen LogP contribution in [-0.4, -0.2) is 24.5 Å². The quantitative estimate of drug-likeness (QED) is 0.614. The number of carbonyl (C=O) groups is 2. The van der Waals surface area contributed by atoms with Crippen molar-refractivity contribution in [3.8, 4) is 0 Å². The molecule has 1 aromatic rings. The summed E-state index contributed by atoms with van der Waals surface area (Å²) >= 11 is 3.24. The molecule has 0 fully saturated rings. The summed E-state index contributed by atoms with van der Waals surface area (Å²) < 4.78 is 5.65. The molecule has 0 aromatic heterocycles. The molecule has 0 saturated carbocycles. The first kappa shape index (κ1) is 16.5. The lowest BCUT2D eigenvalue weighted by Crippen LogP contribution is -2.35. The Morgan fingerprint density at radius 2 is 2.15 bits per heavy atom. The van der Waals surface area contributed by atoms with Crippen LogP contribution in [0.15, 0.2) is 22.7 Å². The van der Waals surface area contributed by atoms with Crippen LogP contribution in [0.25, 0.3) is 0 Å². The number of ether oxygens (including phenoxy) is 1. The Labute approximate surface area is 127 Å². The third-order valence-corrected chi connectivity index (χ3v) is 3.42. The van der Waals surface area contributed by atoms with E-state index in [2.05, 4.69) is 21.2 Å². The number of nitrogens with two attached hydrogens (primary N) is 1. The summed E-state index contributed by atoms with van der Waals surface area (Å²) in [6.45, 7) is 3.67. The number of hydrogen-bond acceptors (Lipinski definition) is 4. The molecule has 0 saturated heterocycles. The summed E-state index contributed by atoms with van der Waals surface area (Å²) in [5.74, 6) is -0.869. The number of nitrogen functional groups attached to an aromatic ring is 1. The van der Waals surface area contributed by atoms with Crippen LogP contribution in [0.1, 0.15) is 37.0 Å². The molecule has 110 valence electrons. The Morgan fingerprint density at radius 1 is 1.45 bits per heavy atom. The van der Waals surface area contributed by atoms with E-state index in [1.807, 2.05) is 13.8 Å². The van der Waals surface area contributed by atoms with E-state index in [1.165, 1.54) is 6.07 Å². The van der Waals surface area contributed by atoms with E-state index in [0.717, 1.165) is 12.8 Å². The number of rotatable bonds is 6. The number of benzene rings is 1. The van der Waals surface area contributed by atoms with Gasteiger partial charge in [-0.25, -0.2) is 4.79 Å². The zero-order valence-corrected chi connectivity index (χ0v) is 13.2. The minimum absolute atomic E-state index is 0.0783. The third-order valence-electron chi connectivity index (χ3n) is 2.70. The molecule has 20 heavy (non-hydrogen) atoms. The van der Waals surface area contributed by atoms with Gasteiger partial charge < -0.3 is 15.8 Å². The van der Waals surface area contributed by atoms with Gasteiger partial charge in [-0.1, -0.05) is 13.3 Å². The van der Waals surface area contributed by atoms with Crippen LogP contribution in [0.2, 0.25) is 0 Å². The van der Waals surface area contributed by atoms with Crippen LogP contribution >= 0.6 is 15.9 Å². The lowest BCUT2D eigenvalue weighted by molar-refractivity contribution is -0.124. The van der Waals surface area contributed by atoms with Crippen LogP contribution in [0.5, 0.6) is 0 Å². The highest BCUT2D eigenvalue weighted by Crippen LogP contribution is 2.20. The van der Waals surface area contributed by atoms with Crippen molar-refractivity contribution in [3.05, 3.63) is 28.2 Å². The predicted octanol–water partition coefficient (Wildman–Crippen LogP) is 2.49. The standard InChI is InChI=1S/C14H19BrN2O3/c1-3-4-9(2)17-13(18)8-20-14(19)10-5-6-11(15)12(16)7-10/h5-7,9H,3-4,8,16H2,1-2H3,(H,17,18). The summed E-state index contributed by atoms with van der Waals surface area (Å²) in [4.78, 5) is 23.3. The molecule has 6 heteroatoms. The maximum atomic E-state index is 11.8.